The van der Waals surface area contributed by atoms with Crippen molar-refractivity contribution in [3.05, 3.63) is 64.8 Å². The van der Waals surface area contributed by atoms with Gasteiger partial charge in [0.05, 0.1) is 11.9 Å². The molecule has 24 heavy (non-hydrogen) atoms. The van der Waals surface area contributed by atoms with Crippen molar-refractivity contribution in [1.29, 1.82) is 0 Å². The topological polar surface area (TPSA) is 79.5 Å². The van der Waals surface area contributed by atoms with Gasteiger partial charge in [-0.05, 0) is 49.7 Å². The Balaban J connectivity index is 2.24. The smallest absolute Gasteiger partial charge is 0.307 e. The molecule has 3 aromatic rings. The first kappa shape index (κ1) is 15.8. The second kappa shape index (κ2) is 5.85. The van der Waals surface area contributed by atoms with Gasteiger partial charge in [0.25, 0.3) is 5.91 Å². The number of aromatic nitrogens is 1. The van der Waals surface area contributed by atoms with Crippen molar-refractivity contribution < 1.29 is 19.8 Å². The quantitative estimate of drug-likeness (QED) is 0.775. The summed E-state index contributed by atoms with van der Waals surface area (Å²) in [5.74, 6) is -1.17. The van der Waals surface area contributed by atoms with E-state index in [1.807, 2.05) is 19.1 Å². The number of nitrogens with zero attached hydrogens (tertiary/aromatic N) is 1. The summed E-state index contributed by atoms with van der Waals surface area (Å²) >= 11 is 0. The number of hydrogen-bond donors (Lipinski definition) is 2. The van der Waals surface area contributed by atoms with Crippen LogP contribution < -0.4 is 0 Å². The molecule has 0 unspecified atom stereocenters. The van der Waals surface area contributed by atoms with E-state index in [9.17, 15) is 14.7 Å². The first-order valence-corrected chi connectivity index (χ1v) is 7.54. The van der Waals surface area contributed by atoms with E-state index in [4.69, 9.17) is 5.11 Å². The van der Waals surface area contributed by atoms with Crippen molar-refractivity contribution in [3.8, 4) is 5.75 Å². The zero-order chi connectivity index (χ0) is 17.4. The Morgan fingerprint density at radius 2 is 1.71 bits per heavy atom. The molecule has 0 fully saturated rings. The molecule has 0 spiro atoms. The molecule has 0 amide bonds. The number of phenolic OH excluding ortho intramolecular Hbond substituents is 1. The van der Waals surface area contributed by atoms with Crippen LogP contribution in [0.15, 0.2) is 42.5 Å². The van der Waals surface area contributed by atoms with Crippen LogP contribution in [0.1, 0.15) is 27.2 Å². The molecule has 0 saturated carbocycles. The van der Waals surface area contributed by atoms with E-state index in [2.05, 4.69) is 0 Å². The maximum atomic E-state index is 12.9. The molecule has 0 aliphatic carbocycles. The Kier molecular flexibility index (Phi) is 3.85. The summed E-state index contributed by atoms with van der Waals surface area (Å²) in [7, 11) is 0. The highest BCUT2D eigenvalue weighted by Crippen LogP contribution is 2.30. The molecule has 0 saturated heterocycles. The Labute approximate surface area is 138 Å². The van der Waals surface area contributed by atoms with Crippen molar-refractivity contribution in [1.82, 2.24) is 4.57 Å². The molecule has 3 rings (SSSR count). The number of carboxylic acids is 1. The van der Waals surface area contributed by atoms with Gasteiger partial charge < -0.3 is 10.2 Å². The number of hydrogen-bond acceptors (Lipinski definition) is 3. The molecule has 0 aliphatic rings. The van der Waals surface area contributed by atoms with E-state index in [0.717, 1.165) is 5.56 Å². The van der Waals surface area contributed by atoms with Gasteiger partial charge in [0.1, 0.15) is 5.75 Å². The van der Waals surface area contributed by atoms with Gasteiger partial charge in [0.15, 0.2) is 0 Å². The minimum Gasteiger partial charge on any atom is -0.508 e. The molecule has 122 valence electrons. The van der Waals surface area contributed by atoms with Crippen molar-refractivity contribution in [3.63, 3.8) is 0 Å². The van der Waals surface area contributed by atoms with Crippen LogP contribution in [0.2, 0.25) is 0 Å². The van der Waals surface area contributed by atoms with Gasteiger partial charge in [0.2, 0.25) is 0 Å². The monoisotopic (exact) mass is 323 g/mol. The fourth-order valence-electron chi connectivity index (χ4n) is 2.93. The summed E-state index contributed by atoms with van der Waals surface area (Å²) in [6.07, 6.45) is -0.208. The van der Waals surface area contributed by atoms with Gasteiger partial charge in [-0.1, -0.05) is 17.7 Å². The molecule has 1 aromatic heterocycles. The van der Waals surface area contributed by atoms with E-state index in [1.165, 1.54) is 16.7 Å². The molecule has 2 aromatic carbocycles. The largest absolute Gasteiger partial charge is 0.508 e. The molecule has 1 heterocycles. The van der Waals surface area contributed by atoms with Crippen molar-refractivity contribution in [2.75, 3.05) is 0 Å². The van der Waals surface area contributed by atoms with Crippen LogP contribution in [0.25, 0.3) is 10.9 Å². The lowest BCUT2D eigenvalue weighted by molar-refractivity contribution is -0.136. The number of carbonyl (C=O) groups is 2. The molecule has 5 heteroatoms. The third-order valence-electron chi connectivity index (χ3n) is 4.15. The second-order valence-corrected chi connectivity index (χ2v) is 5.84. The van der Waals surface area contributed by atoms with E-state index in [1.54, 1.807) is 25.1 Å². The summed E-state index contributed by atoms with van der Waals surface area (Å²) in [6.45, 7) is 3.67. The van der Waals surface area contributed by atoms with E-state index < -0.39 is 5.97 Å². The molecule has 0 aliphatic heterocycles. The Hall–Kier alpha value is -3.08. The lowest BCUT2D eigenvalue weighted by Gasteiger charge is -2.08. The number of aromatic hydroxyl groups is 1. The number of phenols is 1. The molecule has 5 nitrogen and oxygen atoms in total. The molecule has 0 radical (unpaired) electrons. The first-order valence-electron chi connectivity index (χ1n) is 7.54. The minimum absolute atomic E-state index is 0.0362. The van der Waals surface area contributed by atoms with Gasteiger partial charge in [-0.15, -0.1) is 0 Å². The Bertz CT molecular complexity index is 952. The molecule has 0 atom stereocenters. The van der Waals surface area contributed by atoms with Crippen LogP contribution in [0.3, 0.4) is 0 Å². The SMILES string of the molecule is Cc1ccc(C(=O)n2c(C)c(CC(=O)O)c3cc(O)ccc32)cc1. The van der Waals surface area contributed by atoms with Crippen molar-refractivity contribution in [2.45, 2.75) is 20.3 Å². The standard InChI is InChI=1S/C19H17NO4/c1-11-3-5-13(6-4-11)19(24)20-12(2)15(10-18(22)23)16-9-14(21)7-8-17(16)20/h3-9,21H,10H2,1-2H3,(H,22,23). The van der Waals surface area contributed by atoms with E-state index >= 15 is 0 Å². The molecule has 2 N–H and O–H groups in total. The number of rotatable bonds is 3. The van der Waals surface area contributed by atoms with Gasteiger partial charge in [-0.3, -0.25) is 14.2 Å². The van der Waals surface area contributed by atoms with Gasteiger partial charge in [0, 0.05) is 16.6 Å². The Morgan fingerprint density at radius 1 is 1.04 bits per heavy atom. The fraction of sp³-hybridized carbons (Fsp3) is 0.158. The predicted octanol–water partition coefficient (Wildman–Crippen LogP) is 3.28. The summed E-state index contributed by atoms with van der Waals surface area (Å²) in [5, 5.41) is 19.5. The van der Waals surface area contributed by atoms with Gasteiger partial charge in [-0.2, -0.15) is 0 Å². The van der Waals surface area contributed by atoms with Crippen molar-refractivity contribution in [2.24, 2.45) is 0 Å². The van der Waals surface area contributed by atoms with Gasteiger partial charge >= 0.3 is 5.97 Å². The van der Waals surface area contributed by atoms with Crippen LogP contribution in [-0.4, -0.2) is 26.7 Å². The zero-order valence-corrected chi connectivity index (χ0v) is 13.4. The highest BCUT2D eigenvalue weighted by Gasteiger charge is 2.21. The third-order valence-corrected chi connectivity index (χ3v) is 4.15. The first-order chi connectivity index (χ1) is 11.4. The molecule has 0 bridgehead atoms. The summed E-state index contributed by atoms with van der Waals surface area (Å²) in [6, 6.07) is 11.8. The number of carbonyl (C=O) groups excluding carboxylic acids is 1. The molecular weight excluding hydrogens is 306 g/mol. The van der Waals surface area contributed by atoms with E-state index in [0.29, 0.717) is 27.7 Å². The number of carboxylic acid groups (broad SMARTS) is 1. The second-order valence-electron chi connectivity index (χ2n) is 5.84. The minimum atomic E-state index is -0.983. The maximum Gasteiger partial charge on any atom is 0.307 e. The highest BCUT2D eigenvalue weighted by molar-refractivity contribution is 6.04. The van der Waals surface area contributed by atoms with Crippen LogP contribution in [0.5, 0.6) is 5.75 Å². The number of aryl methyl sites for hydroxylation is 1. The van der Waals surface area contributed by atoms with Crippen LogP contribution in [0, 0.1) is 13.8 Å². The van der Waals surface area contributed by atoms with Crippen LogP contribution >= 0.6 is 0 Å². The lowest BCUT2D eigenvalue weighted by Crippen LogP contribution is -2.14. The molecular formula is C19H17NO4. The zero-order valence-electron chi connectivity index (χ0n) is 13.4. The summed E-state index contributed by atoms with van der Waals surface area (Å²) < 4.78 is 1.51. The van der Waals surface area contributed by atoms with Crippen molar-refractivity contribution >= 4 is 22.8 Å². The lowest BCUT2D eigenvalue weighted by atomic mass is 10.1. The number of fused-ring (bicyclic) bond motifs is 1. The third kappa shape index (κ3) is 2.65. The average Bonchev–Trinajstić information content (AvgIpc) is 2.79. The predicted molar refractivity (Wildman–Crippen MR) is 90.6 cm³/mol. The van der Waals surface area contributed by atoms with Crippen LogP contribution in [-0.2, 0) is 11.2 Å². The fourth-order valence-corrected chi connectivity index (χ4v) is 2.93. The van der Waals surface area contributed by atoms with E-state index in [-0.39, 0.29) is 18.1 Å². The van der Waals surface area contributed by atoms with Gasteiger partial charge in [-0.25, -0.2) is 0 Å². The normalized spacial score (nSPS) is 10.9. The highest BCUT2D eigenvalue weighted by atomic mass is 16.4. The Morgan fingerprint density at radius 3 is 2.33 bits per heavy atom. The summed E-state index contributed by atoms with van der Waals surface area (Å²) in [4.78, 5) is 24.1. The number of benzene rings is 2. The summed E-state index contributed by atoms with van der Waals surface area (Å²) in [5.41, 5.74) is 3.28. The van der Waals surface area contributed by atoms with Crippen LogP contribution in [0.4, 0.5) is 0 Å². The average molecular weight is 323 g/mol. The maximum absolute atomic E-state index is 12.9. The number of aliphatic carboxylic acids is 1.